The van der Waals surface area contributed by atoms with Crippen LogP contribution >= 0.6 is 0 Å². The Morgan fingerprint density at radius 3 is 2.48 bits per heavy atom. The van der Waals surface area contributed by atoms with E-state index in [1.807, 2.05) is 6.07 Å². The Bertz CT molecular complexity index is 808. The third-order valence-corrected chi connectivity index (χ3v) is 6.03. The minimum absolute atomic E-state index is 0.128. The number of hydrogen-bond acceptors (Lipinski definition) is 2. The maximum absolute atomic E-state index is 13.2. The lowest BCUT2D eigenvalue weighted by molar-refractivity contribution is -0.137. The van der Waals surface area contributed by atoms with E-state index in [2.05, 4.69) is 10.2 Å². The van der Waals surface area contributed by atoms with E-state index in [0.29, 0.717) is 22.9 Å². The molecule has 1 spiro atoms. The van der Waals surface area contributed by atoms with Crippen molar-refractivity contribution in [3.05, 3.63) is 47.2 Å². The second-order valence-electron chi connectivity index (χ2n) is 7.03. The van der Waals surface area contributed by atoms with Crippen molar-refractivity contribution in [3.8, 4) is 11.3 Å². The summed E-state index contributed by atoms with van der Waals surface area (Å²) in [4.78, 5) is 0. The van der Waals surface area contributed by atoms with Crippen molar-refractivity contribution in [2.75, 3.05) is 0 Å². The number of alkyl halides is 3. The second-order valence-corrected chi connectivity index (χ2v) is 7.03. The van der Waals surface area contributed by atoms with Gasteiger partial charge in [0, 0.05) is 11.5 Å². The summed E-state index contributed by atoms with van der Waals surface area (Å²) in [6, 6.07) is 7.50. The van der Waals surface area contributed by atoms with E-state index in [0.717, 1.165) is 30.2 Å². The van der Waals surface area contributed by atoms with Crippen molar-refractivity contribution in [2.24, 2.45) is 5.41 Å². The van der Waals surface area contributed by atoms with Crippen LogP contribution in [0.4, 0.5) is 13.2 Å². The topological polar surface area (TPSA) is 25.8 Å². The smallest absolute Gasteiger partial charge is 0.166 e. The molecule has 5 heteroatoms. The number of halogens is 3. The first-order valence-electron chi connectivity index (χ1n) is 8.05. The molecule has 0 unspecified atom stereocenters. The van der Waals surface area contributed by atoms with Gasteiger partial charge in [-0.25, -0.2) is 0 Å². The normalized spacial score (nSPS) is 26.6. The van der Waals surface area contributed by atoms with Crippen LogP contribution in [0.2, 0.25) is 0 Å². The molecule has 2 atom stereocenters. The van der Waals surface area contributed by atoms with Crippen molar-refractivity contribution in [2.45, 2.75) is 43.7 Å². The van der Waals surface area contributed by atoms with Crippen LogP contribution in [-0.2, 0) is 6.18 Å². The van der Waals surface area contributed by atoms with Crippen LogP contribution in [0.25, 0.3) is 11.3 Å². The summed E-state index contributed by atoms with van der Waals surface area (Å²) in [5, 5.41) is 8.52. The van der Waals surface area contributed by atoms with Crippen LogP contribution in [0.1, 0.15) is 54.3 Å². The fourth-order valence-corrected chi connectivity index (χ4v) is 4.92. The van der Waals surface area contributed by atoms with Gasteiger partial charge in [-0.15, -0.1) is 0 Å². The van der Waals surface area contributed by atoms with Crippen LogP contribution in [0.15, 0.2) is 30.3 Å². The van der Waals surface area contributed by atoms with Gasteiger partial charge < -0.3 is 0 Å². The van der Waals surface area contributed by atoms with Crippen molar-refractivity contribution in [1.82, 2.24) is 10.2 Å². The second kappa shape index (κ2) is 4.13. The summed E-state index contributed by atoms with van der Waals surface area (Å²) in [5.74, 6) is 0.969. The first-order chi connectivity index (χ1) is 11.0. The Morgan fingerprint density at radius 1 is 1.00 bits per heavy atom. The molecule has 5 rings (SSSR count). The molecule has 118 valence electrons. The number of fused-ring (bicyclic) bond motifs is 3. The van der Waals surface area contributed by atoms with Gasteiger partial charge in [-0.1, -0.05) is 18.2 Å². The van der Waals surface area contributed by atoms with Gasteiger partial charge in [0.05, 0.1) is 17.0 Å². The monoisotopic (exact) mass is 316 g/mol. The Morgan fingerprint density at radius 2 is 1.74 bits per heavy atom. The van der Waals surface area contributed by atoms with Crippen molar-refractivity contribution < 1.29 is 13.2 Å². The molecule has 3 aliphatic rings. The van der Waals surface area contributed by atoms with Crippen LogP contribution in [0.5, 0.6) is 0 Å². The summed E-state index contributed by atoms with van der Waals surface area (Å²) in [6.07, 6.45) is 0.378. The summed E-state index contributed by atoms with van der Waals surface area (Å²) in [5.41, 5.74) is 2.41. The molecular weight excluding hydrogens is 301 g/mol. The van der Waals surface area contributed by atoms with Crippen LogP contribution < -0.4 is 0 Å². The van der Waals surface area contributed by atoms with E-state index in [9.17, 15) is 13.2 Å². The predicted molar refractivity (Wildman–Crippen MR) is 78.9 cm³/mol. The molecule has 2 saturated carbocycles. The standard InChI is InChI=1S/C18H15F3N2/c19-18(20,21)13-4-2-1-3-10(13)15-9-11-12-5-6-14(16(11)23-22-15)17(12)7-8-17/h1-4,9,12,14H,5-8H2/t12-,14+/m0/s1. The molecular formula is C18H15F3N2. The van der Waals surface area contributed by atoms with Gasteiger partial charge in [0.2, 0.25) is 0 Å². The quantitative estimate of drug-likeness (QED) is 0.746. The molecule has 0 radical (unpaired) electrons. The summed E-state index contributed by atoms with van der Waals surface area (Å²) in [7, 11) is 0. The lowest BCUT2D eigenvalue weighted by Gasteiger charge is -2.16. The molecule has 0 N–H and O–H groups in total. The molecule has 2 aromatic rings. The molecule has 23 heavy (non-hydrogen) atoms. The van der Waals surface area contributed by atoms with E-state index in [1.165, 1.54) is 25.0 Å². The zero-order valence-corrected chi connectivity index (χ0v) is 12.4. The molecule has 2 fully saturated rings. The van der Waals surface area contributed by atoms with E-state index >= 15 is 0 Å². The highest BCUT2D eigenvalue weighted by molar-refractivity contribution is 5.66. The number of aromatic nitrogens is 2. The third kappa shape index (κ3) is 1.71. The highest BCUT2D eigenvalue weighted by Gasteiger charge is 2.64. The largest absolute Gasteiger partial charge is 0.417 e. The average molecular weight is 316 g/mol. The Kier molecular flexibility index (Phi) is 2.43. The fraction of sp³-hybridized carbons (Fsp3) is 0.444. The van der Waals surface area contributed by atoms with Gasteiger partial charge in [0.15, 0.2) is 0 Å². The fourth-order valence-electron chi connectivity index (χ4n) is 4.92. The van der Waals surface area contributed by atoms with E-state index < -0.39 is 11.7 Å². The summed E-state index contributed by atoms with van der Waals surface area (Å²) >= 11 is 0. The SMILES string of the molecule is FC(F)(F)c1ccccc1-c1cc2c(nn1)[C@H]1CC[C@@H]2C12CC2. The van der Waals surface area contributed by atoms with Crippen LogP contribution in [-0.4, -0.2) is 10.2 Å². The van der Waals surface area contributed by atoms with Gasteiger partial charge in [-0.2, -0.15) is 23.4 Å². The number of benzene rings is 1. The van der Waals surface area contributed by atoms with Gasteiger partial charge >= 0.3 is 6.18 Å². The minimum Gasteiger partial charge on any atom is -0.166 e. The molecule has 1 aromatic heterocycles. The molecule has 1 heterocycles. The summed E-state index contributed by atoms with van der Waals surface area (Å²) in [6.45, 7) is 0. The molecule has 0 saturated heterocycles. The highest BCUT2D eigenvalue weighted by atomic mass is 19.4. The van der Waals surface area contributed by atoms with Crippen molar-refractivity contribution in [3.63, 3.8) is 0 Å². The zero-order valence-electron chi connectivity index (χ0n) is 12.4. The first-order valence-corrected chi connectivity index (χ1v) is 8.05. The van der Waals surface area contributed by atoms with E-state index in [4.69, 9.17) is 0 Å². The molecule has 2 nitrogen and oxygen atoms in total. The molecule has 3 aliphatic carbocycles. The van der Waals surface area contributed by atoms with Gasteiger partial charge in [0.25, 0.3) is 0 Å². The number of nitrogens with zero attached hydrogens (tertiary/aromatic N) is 2. The average Bonchev–Trinajstić information content (AvgIpc) is 3.19. The Hall–Kier alpha value is -1.91. The molecule has 0 aliphatic heterocycles. The lowest BCUT2D eigenvalue weighted by atomic mass is 9.91. The molecule has 1 aromatic carbocycles. The van der Waals surface area contributed by atoms with Gasteiger partial charge in [-0.05, 0) is 54.7 Å². The number of hydrogen-bond donors (Lipinski definition) is 0. The number of rotatable bonds is 1. The van der Waals surface area contributed by atoms with Crippen LogP contribution in [0, 0.1) is 5.41 Å². The Labute approximate surface area is 131 Å². The summed E-state index contributed by atoms with van der Waals surface area (Å²) < 4.78 is 39.7. The van der Waals surface area contributed by atoms with E-state index in [1.54, 1.807) is 6.07 Å². The molecule has 0 amide bonds. The van der Waals surface area contributed by atoms with Gasteiger partial charge in [0.1, 0.15) is 0 Å². The maximum Gasteiger partial charge on any atom is 0.417 e. The predicted octanol–water partition coefficient (Wildman–Crippen LogP) is 4.92. The van der Waals surface area contributed by atoms with Crippen molar-refractivity contribution >= 4 is 0 Å². The lowest BCUT2D eigenvalue weighted by Crippen LogP contribution is -2.09. The van der Waals surface area contributed by atoms with Crippen LogP contribution in [0.3, 0.4) is 0 Å². The van der Waals surface area contributed by atoms with Gasteiger partial charge in [-0.3, -0.25) is 0 Å². The minimum atomic E-state index is -4.38. The first kappa shape index (κ1) is 13.5. The Balaban J connectivity index is 1.65. The van der Waals surface area contributed by atoms with E-state index in [-0.39, 0.29) is 5.56 Å². The maximum atomic E-state index is 13.2. The molecule has 2 bridgehead atoms. The highest BCUT2D eigenvalue weighted by Crippen LogP contribution is 2.75. The zero-order chi connectivity index (χ0) is 15.8. The van der Waals surface area contributed by atoms with Crippen molar-refractivity contribution in [1.29, 1.82) is 0 Å². The third-order valence-electron chi connectivity index (χ3n) is 6.03.